The third-order valence-electron chi connectivity index (χ3n) is 4.63. The summed E-state index contributed by atoms with van der Waals surface area (Å²) < 4.78 is 11.6. The van der Waals surface area contributed by atoms with Crippen LogP contribution in [0.15, 0.2) is 24.3 Å². The fraction of sp³-hybridized carbons (Fsp3) is 0.588. The van der Waals surface area contributed by atoms with Gasteiger partial charge < -0.3 is 19.7 Å². The number of nitrogens with one attached hydrogen (secondary N) is 1. The third kappa shape index (κ3) is 4.08. The number of nitro benzene ring substituents is 1. The van der Waals surface area contributed by atoms with Gasteiger partial charge in [0.15, 0.2) is 5.79 Å². The van der Waals surface area contributed by atoms with Crippen molar-refractivity contribution in [2.24, 2.45) is 0 Å². The minimum atomic E-state index is -0.515. The second-order valence-electron chi connectivity index (χ2n) is 6.48. The number of amides is 1. The van der Waals surface area contributed by atoms with Gasteiger partial charge in [0.1, 0.15) is 5.69 Å². The van der Waals surface area contributed by atoms with Gasteiger partial charge in [-0.3, -0.25) is 14.9 Å². The Morgan fingerprint density at radius 1 is 1.40 bits per heavy atom. The standard InChI is InChI=1S/C17H23N3O5/c1-13-12-24-17(25-13)7-10-19(11-8-17)16(21)6-9-18-14-4-2-3-5-15(14)20(22)23/h2-5,13,18H,6-12H2,1H3. The zero-order valence-corrected chi connectivity index (χ0v) is 14.3. The summed E-state index contributed by atoms with van der Waals surface area (Å²) in [6.07, 6.45) is 1.76. The van der Waals surface area contributed by atoms with Crippen molar-refractivity contribution >= 4 is 17.3 Å². The zero-order chi connectivity index (χ0) is 17.9. The fourth-order valence-corrected chi connectivity index (χ4v) is 3.31. The summed E-state index contributed by atoms with van der Waals surface area (Å²) in [7, 11) is 0. The minimum absolute atomic E-state index is 0.0134. The first-order valence-corrected chi connectivity index (χ1v) is 8.56. The predicted molar refractivity (Wildman–Crippen MR) is 91.2 cm³/mol. The second-order valence-corrected chi connectivity index (χ2v) is 6.48. The maximum absolute atomic E-state index is 12.3. The molecule has 25 heavy (non-hydrogen) atoms. The van der Waals surface area contributed by atoms with E-state index in [9.17, 15) is 14.9 Å². The van der Waals surface area contributed by atoms with Crippen LogP contribution in [0.5, 0.6) is 0 Å². The third-order valence-corrected chi connectivity index (χ3v) is 4.63. The van der Waals surface area contributed by atoms with Gasteiger partial charge in [-0.15, -0.1) is 0 Å². The van der Waals surface area contributed by atoms with Gasteiger partial charge in [-0.25, -0.2) is 0 Å². The molecule has 1 aromatic carbocycles. The molecule has 8 heteroatoms. The Kier molecular flexibility index (Phi) is 5.19. The monoisotopic (exact) mass is 349 g/mol. The molecule has 2 saturated heterocycles. The Balaban J connectivity index is 1.46. The van der Waals surface area contributed by atoms with E-state index in [0.717, 1.165) is 0 Å². The van der Waals surface area contributed by atoms with Crippen LogP contribution in [-0.4, -0.2) is 53.9 Å². The lowest BCUT2D eigenvalue weighted by Crippen LogP contribution is -2.47. The molecule has 2 aliphatic rings. The van der Waals surface area contributed by atoms with E-state index in [-0.39, 0.29) is 24.1 Å². The van der Waals surface area contributed by atoms with Gasteiger partial charge in [-0.05, 0) is 13.0 Å². The average molecular weight is 349 g/mol. The van der Waals surface area contributed by atoms with Crippen LogP contribution in [0.4, 0.5) is 11.4 Å². The first-order valence-electron chi connectivity index (χ1n) is 8.56. The number of nitrogens with zero attached hydrogens (tertiary/aromatic N) is 2. The Hall–Kier alpha value is -2.19. The zero-order valence-electron chi connectivity index (χ0n) is 14.3. The van der Waals surface area contributed by atoms with Crippen molar-refractivity contribution in [2.75, 3.05) is 31.6 Å². The number of benzene rings is 1. The first-order chi connectivity index (χ1) is 12.0. The van der Waals surface area contributed by atoms with Crippen LogP contribution in [0.2, 0.25) is 0 Å². The normalized spacial score (nSPS) is 22.1. The molecule has 1 amide bonds. The number of piperidine rings is 1. The highest BCUT2D eigenvalue weighted by Crippen LogP contribution is 2.34. The van der Waals surface area contributed by atoms with Crippen LogP contribution < -0.4 is 5.32 Å². The van der Waals surface area contributed by atoms with E-state index in [2.05, 4.69) is 5.32 Å². The molecule has 8 nitrogen and oxygen atoms in total. The Bertz CT molecular complexity index is 643. The van der Waals surface area contributed by atoms with E-state index >= 15 is 0 Å². The SMILES string of the molecule is CC1COC2(CCN(C(=O)CCNc3ccccc3[N+](=O)[O-])CC2)O1. The topological polar surface area (TPSA) is 93.9 Å². The van der Waals surface area contributed by atoms with Crippen LogP contribution in [0.25, 0.3) is 0 Å². The summed E-state index contributed by atoms with van der Waals surface area (Å²) in [6, 6.07) is 6.43. The molecule has 1 atom stereocenters. The molecule has 0 bridgehead atoms. The molecule has 2 heterocycles. The van der Waals surface area contributed by atoms with Crippen molar-refractivity contribution in [3.05, 3.63) is 34.4 Å². The number of ether oxygens (including phenoxy) is 2. The fourth-order valence-electron chi connectivity index (χ4n) is 3.31. The number of para-hydroxylation sites is 2. The van der Waals surface area contributed by atoms with Crippen LogP contribution in [-0.2, 0) is 14.3 Å². The number of rotatable bonds is 5. The van der Waals surface area contributed by atoms with Crippen LogP contribution in [0.1, 0.15) is 26.2 Å². The van der Waals surface area contributed by atoms with Crippen molar-refractivity contribution < 1.29 is 19.2 Å². The van der Waals surface area contributed by atoms with Gasteiger partial charge in [0.25, 0.3) is 5.69 Å². The molecule has 136 valence electrons. The highest BCUT2D eigenvalue weighted by Gasteiger charge is 2.43. The first kappa shape index (κ1) is 17.6. The number of carbonyl (C=O) groups is 1. The number of nitro groups is 1. The smallest absolute Gasteiger partial charge is 0.292 e. The predicted octanol–water partition coefficient (Wildman–Crippen LogP) is 2.15. The van der Waals surface area contributed by atoms with Crippen molar-refractivity contribution in [3.8, 4) is 0 Å². The lowest BCUT2D eigenvalue weighted by Gasteiger charge is -2.37. The van der Waals surface area contributed by atoms with E-state index in [1.807, 2.05) is 11.8 Å². The van der Waals surface area contributed by atoms with Gasteiger partial charge >= 0.3 is 0 Å². The average Bonchev–Trinajstić information content (AvgIpc) is 2.96. The Morgan fingerprint density at radius 3 is 2.76 bits per heavy atom. The summed E-state index contributed by atoms with van der Waals surface area (Å²) in [5, 5.41) is 14.0. The number of likely N-dealkylation sites (tertiary alicyclic amines) is 1. The Morgan fingerprint density at radius 2 is 2.12 bits per heavy atom. The molecule has 1 unspecified atom stereocenters. The van der Waals surface area contributed by atoms with Gasteiger partial charge in [-0.1, -0.05) is 12.1 Å². The molecule has 0 aliphatic carbocycles. The van der Waals surface area contributed by atoms with Gasteiger partial charge in [-0.2, -0.15) is 0 Å². The number of carbonyl (C=O) groups excluding carboxylic acids is 1. The number of hydrogen-bond acceptors (Lipinski definition) is 6. The van der Waals surface area contributed by atoms with E-state index in [1.165, 1.54) is 6.07 Å². The van der Waals surface area contributed by atoms with Crippen LogP contribution in [0, 0.1) is 10.1 Å². The van der Waals surface area contributed by atoms with Crippen LogP contribution >= 0.6 is 0 Å². The van der Waals surface area contributed by atoms with Crippen molar-refractivity contribution in [1.29, 1.82) is 0 Å². The van der Waals surface area contributed by atoms with E-state index < -0.39 is 10.7 Å². The minimum Gasteiger partial charge on any atom is -0.379 e. The van der Waals surface area contributed by atoms with Crippen LogP contribution in [0.3, 0.4) is 0 Å². The van der Waals surface area contributed by atoms with Gasteiger partial charge in [0.2, 0.25) is 5.91 Å². The largest absolute Gasteiger partial charge is 0.379 e. The van der Waals surface area contributed by atoms with E-state index in [1.54, 1.807) is 18.2 Å². The quantitative estimate of drug-likeness (QED) is 0.647. The highest BCUT2D eigenvalue weighted by atomic mass is 16.7. The summed E-state index contributed by atoms with van der Waals surface area (Å²) in [5.74, 6) is -0.481. The molecule has 1 spiro atoms. The molecule has 1 aromatic rings. The summed E-state index contributed by atoms with van der Waals surface area (Å²) in [4.78, 5) is 24.7. The summed E-state index contributed by atoms with van der Waals surface area (Å²) >= 11 is 0. The molecule has 0 radical (unpaired) electrons. The number of anilines is 1. The van der Waals surface area contributed by atoms with Crippen molar-refractivity contribution in [3.63, 3.8) is 0 Å². The highest BCUT2D eigenvalue weighted by molar-refractivity contribution is 5.77. The molecule has 0 aromatic heterocycles. The lowest BCUT2D eigenvalue weighted by atomic mass is 10.0. The van der Waals surface area contributed by atoms with Crippen molar-refractivity contribution in [2.45, 2.75) is 38.1 Å². The molecule has 1 N–H and O–H groups in total. The molecule has 3 rings (SSSR count). The summed E-state index contributed by atoms with van der Waals surface area (Å²) in [6.45, 7) is 4.16. The molecule has 2 fully saturated rings. The van der Waals surface area contributed by atoms with E-state index in [4.69, 9.17) is 9.47 Å². The van der Waals surface area contributed by atoms with Crippen molar-refractivity contribution in [1.82, 2.24) is 4.90 Å². The maximum Gasteiger partial charge on any atom is 0.292 e. The van der Waals surface area contributed by atoms with E-state index in [0.29, 0.717) is 44.8 Å². The Labute approximate surface area is 146 Å². The molecule has 2 aliphatic heterocycles. The maximum atomic E-state index is 12.3. The second kappa shape index (κ2) is 7.37. The molecular weight excluding hydrogens is 326 g/mol. The van der Waals surface area contributed by atoms with Gasteiger partial charge in [0, 0.05) is 45.0 Å². The lowest BCUT2D eigenvalue weighted by molar-refractivity contribution is -0.384. The summed E-state index contributed by atoms with van der Waals surface area (Å²) in [5.41, 5.74) is 0.444. The molecular formula is C17H23N3O5. The molecule has 0 saturated carbocycles. The van der Waals surface area contributed by atoms with Gasteiger partial charge in [0.05, 0.1) is 17.6 Å². The number of hydrogen-bond donors (Lipinski definition) is 1.